The number of nitrogens with zero attached hydrogens (tertiary/aromatic N) is 1. The Morgan fingerprint density at radius 3 is 1.84 bits per heavy atom. The maximum Gasteiger partial charge on any atom is 0.307 e. The molecule has 0 aromatic heterocycles. The Hall–Kier alpha value is -2.35. The Labute approximate surface area is 149 Å². The zero-order valence-electron chi connectivity index (χ0n) is 15.1. The summed E-state index contributed by atoms with van der Waals surface area (Å²) in [5.74, 6) is -0.944. The van der Waals surface area contributed by atoms with E-state index < -0.39 is 17.4 Å². The third-order valence-corrected chi connectivity index (χ3v) is 3.95. The van der Waals surface area contributed by atoms with Gasteiger partial charge in [-0.2, -0.15) is 5.26 Å². The highest BCUT2D eigenvalue weighted by molar-refractivity contribution is 5.77. The fraction of sp³-hybridized carbons (Fsp3) is 0.550. The first-order chi connectivity index (χ1) is 12.1. The second kappa shape index (κ2) is 11.2. The number of carbonyl (C=O) groups is 2. The number of hydrogen-bond donors (Lipinski definition) is 0. The second-order valence-corrected chi connectivity index (χ2v) is 6.06. The van der Waals surface area contributed by atoms with E-state index in [1.165, 1.54) is 0 Å². The number of esters is 2. The van der Waals surface area contributed by atoms with E-state index in [4.69, 9.17) is 9.47 Å². The van der Waals surface area contributed by atoms with Gasteiger partial charge >= 0.3 is 11.9 Å². The zero-order valence-corrected chi connectivity index (χ0v) is 15.1. The average Bonchev–Trinajstić information content (AvgIpc) is 2.62. The van der Waals surface area contributed by atoms with Crippen LogP contribution < -0.4 is 0 Å². The van der Waals surface area contributed by atoms with Crippen LogP contribution in [0.3, 0.4) is 0 Å². The Kier molecular flexibility index (Phi) is 9.31. The summed E-state index contributed by atoms with van der Waals surface area (Å²) in [5, 5.41) is 9.81. The normalized spacial score (nSPS) is 10.8. The molecule has 0 amide bonds. The van der Waals surface area contributed by atoms with Gasteiger partial charge in [-0.3, -0.25) is 9.59 Å². The number of ether oxygens (including phenoxy) is 2. The molecule has 0 aliphatic carbocycles. The molecule has 0 atom stereocenters. The van der Waals surface area contributed by atoms with Crippen LogP contribution in [0.1, 0.15) is 57.9 Å². The highest BCUT2D eigenvalue weighted by Gasteiger charge is 2.38. The van der Waals surface area contributed by atoms with Crippen molar-refractivity contribution in [3.8, 4) is 6.07 Å². The van der Waals surface area contributed by atoms with E-state index in [1.54, 1.807) is 24.3 Å². The van der Waals surface area contributed by atoms with Crippen molar-refractivity contribution >= 4 is 11.9 Å². The van der Waals surface area contributed by atoms with Crippen LogP contribution in [0.15, 0.2) is 30.3 Å². The minimum atomic E-state index is -1.27. The summed E-state index contributed by atoms with van der Waals surface area (Å²) in [4.78, 5) is 24.4. The molecular formula is C20H27NO4. The lowest BCUT2D eigenvalue weighted by Gasteiger charge is -2.25. The molecule has 0 heterocycles. The average molecular weight is 345 g/mol. The van der Waals surface area contributed by atoms with Crippen LogP contribution >= 0.6 is 0 Å². The fourth-order valence-electron chi connectivity index (χ4n) is 2.42. The van der Waals surface area contributed by atoms with E-state index >= 15 is 0 Å². The molecular weight excluding hydrogens is 318 g/mol. The Morgan fingerprint density at radius 2 is 1.44 bits per heavy atom. The Balaban J connectivity index is 2.91. The third kappa shape index (κ3) is 6.96. The molecule has 0 saturated heterocycles. The van der Waals surface area contributed by atoms with Crippen molar-refractivity contribution in [2.75, 3.05) is 13.2 Å². The summed E-state index contributed by atoms with van der Waals surface area (Å²) in [7, 11) is 0. The topological polar surface area (TPSA) is 76.4 Å². The Morgan fingerprint density at radius 1 is 0.960 bits per heavy atom. The lowest BCUT2D eigenvalue weighted by Crippen LogP contribution is -2.32. The van der Waals surface area contributed by atoms with Crippen molar-refractivity contribution in [1.82, 2.24) is 0 Å². The van der Waals surface area contributed by atoms with Gasteiger partial charge < -0.3 is 9.47 Å². The van der Waals surface area contributed by atoms with Crippen LogP contribution in [-0.2, 0) is 24.5 Å². The fourth-order valence-corrected chi connectivity index (χ4v) is 2.42. The molecule has 1 aromatic rings. The number of carbonyl (C=O) groups excluding carboxylic acids is 2. The molecule has 5 heteroatoms. The SMILES string of the molecule is CCCCOC(=O)CC(C#N)(CC(=O)OCCCC)c1ccccc1. The van der Waals surface area contributed by atoms with Gasteiger partial charge in [0.1, 0.15) is 5.41 Å². The minimum absolute atomic E-state index is 0.167. The summed E-state index contributed by atoms with van der Waals surface area (Å²) < 4.78 is 10.4. The van der Waals surface area contributed by atoms with Crippen LogP contribution in [0.2, 0.25) is 0 Å². The van der Waals surface area contributed by atoms with E-state index in [-0.39, 0.29) is 12.8 Å². The van der Waals surface area contributed by atoms with E-state index in [0.29, 0.717) is 18.8 Å². The molecule has 0 unspecified atom stereocenters. The molecule has 0 saturated carbocycles. The third-order valence-electron chi connectivity index (χ3n) is 3.95. The van der Waals surface area contributed by atoms with E-state index in [1.807, 2.05) is 19.9 Å². The predicted molar refractivity (Wildman–Crippen MR) is 94.7 cm³/mol. The van der Waals surface area contributed by atoms with Crippen molar-refractivity contribution in [3.63, 3.8) is 0 Å². The lowest BCUT2D eigenvalue weighted by molar-refractivity contribution is -0.147. The monoisotopic (exact) mass is 345 g/mol. The van der Waals surface area contributed by atoms with Crippen LogP contribution in [0, 0.1) is 11.3 Å². The maximum absolute atomic E-state index is 12.2. The summed E-state index contributed by atoms with van der Waals surface area (Å²) in [6.45, 7) is 4.66. The maximum atomic E-state index is 12.2. The van der Waals surface area contributed by atoms with Crippen molar-refractivity contribution in [1.29, 1.82) is 5.26 Å². The van der Waals surface area contributed by atoms with Crippen LogP contribution in [-0.4, -0.2) is 25.2 Å². The highest BCUT2D eigenvalue weighted by atomic mass is 16.5. The van der Waals surface area contributed by atoms with Gasteiger partial charge in [-0.1, -0.05) is 57.0 Å². The van der Waals surface area contributed by atoms with E-state index in [9.17, 15) is 14.9 Å². The molecule has 0 bridgehead atoms. The van der Waals surface area contributed by atoms with Crippen LogP contribution in [0.25, 0.3) is 0 Å². The van der Waals surface area contributed by atoms with Crippen molar-refractivity contribution < 1.29 is 19.1 Å². The highest BCUT2D eigenvalue weighted by Crippen LogP contribution is 2.32. The summed E-state index contributed by atoms with van der Waals surface area (Å²) in [6, 6.07) is 11.1. The molecule has 0 fully saturated rings. The molecule has 0 radical (unpaired) electrons. The van der Waals surface area contributed by atoms with Crippen molar-refractivity contribution in [2.45, 2.75) is 57.8 Å². The number of benzene rings is 1. The number of hydrogen-bond acceptors (Lipinski definition) is 5. The van der Waals surface area contributed by atoms with E-state index in [2.05, 4.69) is 6.07 Å². The molecule has 0 N–H and O–H groups in total. The standard InChI is InChI=1S/C20H27NO4/c1-3-5-12-24-18(22)14-20(16-21,17-10-8-7-9-11-17)15-19(23)25-13-6-4-2/h7-11H,3-6,12-15H2,1-2H3. The van der Waals surface area contributed by atoms with Gasteiger partial charge in [0.2, 0.25) is 0 Å². The van der Waals surface area contributed by atoms with Gasteiger partial charge in [-0.05, 0) is 18.4 Å². The van der Waals surface area contributed by atoms with Gasteiger partial charge in [0.05, 0.1) is 32.1 Å². The predicted octanol–water partition coefficient (Wildman–Crippen LogP) is 3.91. The van der Waals surface area contributed by atoms with Gasteiger partial charge in [-0.25, -0.2) is 0 Å². The number of unbranched alkanes of at least 4 members (excludes halogenated alkanes) is 2. The van der Waals surface area contributed by atoms with E-state index in [0.717, 1.165) is 25.7 Å². The first-order valence-corrected chi connectivity index (χ1v) is 8.86. The molecule has 136 valence electrons. The molecule has 0 aliphatic heterocycles. The summed E-state index contributed by atoms with van der Waals surface area (Å²) in [6.07, 6.45) is 3.05. The largest absolute Gasteiger partial charge is 0.466 e. The van der Waals surface area contributed by atoms with Crippen molar-refractivity contribution in [2.24, 2.45) is 0 Å². The lowest BCUT2D eigenvalue weighted by atomic mass is 9.76. The van der Waals surface area contributed by atoms with Crippen molar-refractivity contribution in [3.05, 3.63) is 35.9 Å². The second-order valence-electron chi connectivity index (χ2n) is 6.06. The van der Waals surface area contributed by atoms with Gasteiger partial charge in [0, 0.05) is 0 Å². The van der Waals surface area contributed by atoms with Crippen LogP contribution in [0.4, 0.5) is 0 Å². The molecule has 1 aromatic carbocycles. The molecule has 0 spiro atoms. The number of rotatable bonds is 11. The first kappa shape index (κ1) is 20.7. The first-order valence-electron chi connectivity index (χ1n) is 8.86. The Bertz CT molecular complexity index is 553. The van der Waals surface area contributed by atoms with Gasteiger partial charge in [-0.15, -0.1) is 0 Å². The molecule has 1 rings (SSSR count). The molecule has 5 nitrogen and oxygen atoms in total. The zero-order chi connectivity index (χ0) is 18.5. The quantitative estimate of drug-likeness (QED) is 0.449. The minimum Gasteiger partial charge on any atom is -0.466 e. The van der Waals surface area contributed by atoms with Gasteiger partial charge in [0.15, 0.2) is 0 Å². The molecule has 0 aliphatic rings. The summed E-state index contributed by atoms with van der Waals surface area (Å²) >= 11 is 0. The van der Waals surface area contributed by atoms with Crippen LogP contribution in [0.5, 0.6) is 0 Å². The molecule has 25 heavy (non-hydrogen) atoms. The van der Waals surface area contributed by atoms with Gasteiger partial charge in [0.25, 0.3) is 0 Å². The smallest absolute Gasteiger partial charge is 0.307 e. The number of nitriles is 1. The summed E-state index contributed by atoms with van der Waals surface area (Å²) in [5.41, 5.74) is -0.647.